The van der Waals surface area contributed by atoms with Crippen molar-refractivity contribution >= 4 is 32.4 Å². The summed E-state index contributed by atoms with van der Waals surface area (Å²) in [6.07, 6.45) is 2.32. The summed E-state index contributed by atoms with van der Waals surface area (Å²) in [6.45, 7) is 1.99. The van der Waals surface area contributed by atoms with Crippen LogP contribution in [0.5, 0.6) is 0 Å². The van der Waals surface area contributed by atoms with Crippen molar-refractivity contribution in [1.82, 2.24) is 9.97 Å². The minimum absolute atomic E-state index is 0.0989. The smallest absolute Gasteiger partial charge is 0.323 e. The fourth-order valence-electron chi connectivity index (χ4n) is 3.13. The zero-order valence-corrected chi connectivity index (χ0v) is 14.3. The summed E-state index contributed by atoms with van der Waals surface area (Å²) in [5, 5.41) is 0. The van der Waals surface area contributed by atoms with Crippen LogP contribution < -0.4 is 15.3 Å². The Labute approximate surface area is 144 Å². The van der Waals surface area contributed by atoms with Crippen molar-refractivity contribution in [3.63, 3.8) is 0 Å². The van der Waals surface area contributed by atoms with E-state index in [1.807, 2.05) is 18.2 Å². The molecule has 1 aromatic heterocycles. The fraction of sp³-hybridized carbons (Fsp3) is 0.235. The molecule has 2 aromatic carbocycles. The number of H-pyrrole nitrogens is 2. The van der Waals surface area contributed by atoms with Gasteiger partial charge in [-0.1, -0.05) is 6.07 Å². The van der Waals surface area contributed by atoms with Gasteiger partial charge >= 0.3 is 5.69 Å². The molecule has 2 heterocycles. The van der Waals surface area contributed by atoms with Gasteiger partial charge in [-0.05, 0) is 49.2 Å². The molecule has 0 radical (unpaired) electrons. The Morgan fingerprint density at radius 2 is 1.72 bits per heavy atom. The number of aromatic amines is 2. The Morgan fingerprint density at radius 1 is 0.960 bits per heavy atom. The second kappa shape index (κ2) is 5.96. The van der Waals surface area contributed by atoms with Crippen LogP contribution in [0.1, 0.15) is 12.8 Å². The summed E-state index contributed by atoms with van der Waals surface area (Å²) in [7, 11) is -3.74. The van der Waals surface area contributed by atoms with E-state index in [9.17, 15) is 13.2 Å². The van der Waals surface area contributed by atoms with E-state index < -0.39 is 10.0 Å². The van der Waals surface area contributed by atoms with Gasteiger partial charge in [-0.25, -0.2) is 13.2 Å². The predicted molar refractivity (Wildman–Crippen MR) is 97.6 cm³/mol. The van der Waals surface area contributed by atoms with Gasteiger partial charge in [0, 0.05) is 18.8 Å². The van der Waals surface area contributed by atoms with Crippen LogP contribution in [-0.4, -0.2) is 31.5 Å². The summed E-state index contributed by atoms with van der Waals surface area (Å²) in [5.74, 6) is 0. The minimum Gasteiger partial charge on any atom is -0.371 e. The first-order chi connectivity index (χ1) is 12.0. The Bertz CT molecular complexity index is 1080. The second-order valence-corrected chi connectivity index (χ2v) is 7.82. The second-order valence-electron chi connectivity index (χ2n) is 6.14. The summed E-state index contributed by atoms with van der Waals surface area (Å²) >= 11 is 0. The maximum absolute atomic E-state index is 12.7. The maximum atomic E-state index is 12.7. The molecule has 0 saturated carbocycles. The molecule has 7 nitrogen and oxygen atoms in total. The molecule has 3 aromatic rings. The molecule has 0 aliphatic carbocycles. The molecule has 0 amide bonds. The highest BCUT2D eigenvalue weighted by atomic mass is 32.2. The zero-order valence-electron chi connectivity index (χ0n) is 13.5. The van der Waals surface area contributed by atoms with Crippen molar-refractivity contribution in [2.75, 3.05) is 22.7 Å². The van der Waals surface area contributed by atoms with E-state index >= 15 is 0 Å². The Balaban J connectivity index is 1.63. The van der Waals surface area contributed by atoms with Gasteiger partial charge in [-0.2, -0.15) is 0 Å². The number of fused-ring (bicyclic) bond motifs is 1. The highest BCUT2D eigenvalue weighted by Gasteiger charge is 2.17. The third-order valence-electron chi connectivity index (χ3n) is 4.37. The molecule has 3 N–H and O–H groups in total. The lowest BCUT2D eigenvalue weighted by molar-refractivity contribution is 0.601. The third kappa shape index (κ3) is 3.12. The highest BCUT2D eigenvalue weighted by molar-refractivity contribution is 7.92. The predicted octanol–water partition coefficient (Wildman–Crippen LogP) is 2.26. The lowest BCUT2D eigenvalue weighted by Gasteiger charge is -2.18. The lowest BCUT2D eigenvalue weighted by atomic mass is 10.2. The van der Waals surface area contributed by atoms with E-state index in [4.69, 9.17) is 0 Å². The lowest BCUT2D eigenvalue weighted by Crippen LogP contribution is -2.18. The van der Waals surface area contributed by atoms with Crippen molar-refractivity contribution in [3.05, 3.63) is 52.9 Å². The zero-order chi connectivity index (χ0) is 17.4. The van der Waals surface area contributed by atoms with E-state index in [1.165, 1.54) is 12.1 Å². The van der Waals surface area contributed by atoms with Gasteiger partial charge < -0.3 is 14.9 Å². The monoisotopic (exact) mass is 358 g/mol. The average Bonchev–Trinajstić information content (AvgIpc) is 3.22. The first-order valence-corrected chi connectivity index (χ1v) is 9.59. The van der Waals surface area contributed by atoms with Gasteiger partial charge in [0.25, 0.3) is 10.0 Å². The quantitative estimate of drug-likeness (QED) is 0.666. The number of hydrogen-bond donors (Lipinski definition) is 3. The van der Waals surface area contributed by atoms with Crippen molar-refractivity contribution in [1.29, 1.82) is 0 Å². The molecule has 1 fully saturated rings. The van der Waals surface area contributed by atoms with Crippen LogP contribution in [0.15, 0.2) is 52.2 Å². The van der Waals surface area contributed by atoms with Crippen LogP contribution in [0, 0.1) is 0 Å². The van der Waals surface area contributed by atoms with E-state index in [2.05, 4.69) is 19.6 Å². The Morgan fingerprint density at radius 3 is 2.52 bits per heavy atom. The first-order valence-electron chi connectivity index (χ1n) is 8.11. The van der Waals surface area contributed by atoms with E-state index in [-0.39, 0.29) is 10.6 Å². The molecule has 130 valence electrons. The molecule has 0 bridgehead atoms. The number of nitrogens with one attached hydrogen (secondary N) is 3. The van der Waals surface area contributed by atoms with Gasteiger partial charge in [0.05, 0.1) is 21.6 Å². The third-order valence-corrected chi connectivity index (χ3v) is 5.75. The van der Waals surface area contributed by atoms with Gasteiger partial charge in [0.15, 0.2) is 0 Å². The average molecular weight is 358 g/mol. The first kappa shape index (κ1) is 15.8. The molecule has 4 rings (SSSR count). The topological polar surface area (TPSA) is 98.1 Å². The van der Waals surface area contributed by atoms with Crippen LogP contribution >= 0.6 is 0 Å². The van der Waals surface area contributed by atoms with E-state index in [0.717, 1.165) is 31.6 Å². The van der Waals surface area contributed by atoms with Gasteiger partial charge in [-0.15, -0.1) is 0 Å². The number of aromatic nitrogens is 2. The van der Waals surface area contributed by atoms with Crippen LogP contribution in [0.2, 0.25) is 0 Å². The number of rotatable bonds is 4. The number of sulfonamides is 1. The minimum atomic E-state index is -3.74. The molecule has 0 spiro atoms. The van der Waals surface area contributed by atoms with Crippen LogP contribution in [0.25, 0.3) is 11.0 Å². The fourth-order valence-corrected chi connectivity index (χ4v) is 4.21. The van der Waals surface area contributed by atoms with Crippen molar-refractivity contribution in [2.24, 2.45) is 0 Å². The van der Waals surface area contributed by atoms with Gasteiger partial charge in [0.2, 0.25) is 0 Å². The summed E-state index contributed by atoms with van der Waals surface area (Å²) in [5.41, 5.74) is 2.20. The molecule has 0 atom stereocenters. The number of benzene rings is 2. The molecule has 1 aliphatic rings. The van der Waals surface area contributed by atoms with E-state index in [0.29, 0.717) is 16.7 Å². The van der Waals surface area contributed by atoms with Crippen LogP contribution in [0.3, 0.4) is 0 Å². The molecular formula is C17H18N4O3S. The molecule has 8 heteroatoms. The Kier molecular flexibility index (Phi) is 3.76. The molecule has 1 saturated heterocycles. The van der Waals surface area contributed by atoms with Gasteiger partial charge in [0.1, 0.15) is 0 Å². The van der Waals surface area contributed by atoms with Crippen molar-refractivity contribution < 1.29 is 8.42 Å². The largest absolute Gasteiger partial charge is 0.371 e. The van der Waals surface area contributed by atoms with Crippen molar-refractivity contribution in [3.8, 4) is 0 Å². The molecule has 25 heavy (non-hydrogen) atoms. The van der Waals surface area contributed by atoms with Crippen LogP contribution in [-0.2, 0) is 10.0 Å². The summed E-state index contributed by atoms with van der Waals surface area (Å²) in [4.78, 5) is 18.8. The highest BCUT2D eigenvalue weighted by Crippen LogP contribution is 2.25. The number of nitrogens with zero attached hydrogens (tertiary/aromatic N) is 1. The Hall–Kier alpha value is -2.74. The summed E-state index contributed by atoms with van der Waals surface area (Å²) in [6, 6.07) is 11.9. The molecular weight excluding hydrogens is 340 g/mol. The summed E-state index contributed by atoms with van der Waals surface area (Å²) < 4.78 is 27.9. The maximum Gasteiger partial charge on any atom is 0.323 e. The standard InChI is InChI=1S/C17H18N4O3S/c22-17-18-15-7-6-14(11-16(15)19-17)25(23,24)20-12-4-3-5-13(10-12)21-8-1-2-9-21/h3-7,10-11,20H,1-2,8-9H2,(H2,18,19,22). The van der Waals surface area contributed by atoms with E-state index in [1.54, 1.807) is 12.1 Å². The SMILES string of the molecule is O=c1[nH]c2ccc(S(=O)(=O)Nc3cccc(N4CCCC4)c3)cc2[nH]1. The van der Waals surface area contributed by atoms with Gasteiger partial charge in [-0.3, -0.25) is 4.72 Å². The normalized spacial score (nSPS) is 15.0. The molecule has 1 aliphatic heterocycles. The number of anilines is 2. The number of imidazole rings is 1. The molecule has 0 unspecified atom stereocenters. The number of hydrogen-bond acceptors (Lipinski definition) is 4. The van der Waals surface area contributed by atoms with Crippen molar-refractivity contribution in [2.45, 2.75) is 17.7 Å². The van der Waals surface area contributed by atoms with Crippen LogP contribution in [0.4, 0.5) is 11.4 Å².